The van der Waals surface area contributed by atoms with E-state index in [1.165, 1.54) is 29.5 Å². The van der Waals surface area contributed by atoms with Crippen molar-refractivity contribution in [2.24, 2.45) is 0 Å². The lowest BCUT2D eigenvalue weighted by Gasteiger charge is -2.22. The quantitative estimate of drug-likeness (QED) is 0.515. The highest BCUT2D eigenvalue weighted by molar-refractivity contribution is 8.01. The van der Waals surface area contributed by atoms with Crippen molar-refractivity contribution in [1.82, 2.24) is 15.5 Å². The van der Waals surface area contributed by atoms with Crippen LogP contribution in [0, 0.1) is 0 Å². The van der Waals surface area contributed by atoms with Crippen LogP contribution in [0.5, 0.6) is 0 Å². The van der Waals surface area contributed by atoms with Gasteiger partial charge in [-0.3, -0.25) is 10.1 Å². The molecule has 26 heavy (non-hydrogen) atoms. The Labute approximate surface area is 160 Å². The van der Waals surface area contributed by atoms with Crippen molar-refractivity contribution in [3.63, 3.8) is 0 Å². The number of nitrogens with zero attached hydrogens (tertiary/aromatic N) is 2. The van der Waals surface area contributed by atoms with Crippen LogP contribution in [0.15, 0.2) is 34.7 Å². The number of aromatic nitrogens is 2. The molecule has 1 aliphatic carbocycles. The summed E-state index contributed by atoms with van der Waals surface area (Å²) in [6, 6.07) is 9.29. The molecule has 3 amide bonds. The van der Waals surface area contributed by atoms with Crippen molar-refractivity contribution >= 4 is 45.9 Å². The van der Waals surface area contributed by atoms with Crippen molar-refractivity contribution in [1.29, 1.82) is 0 Å². The highest BCUT2D eigenvalue weighted by atomic mass is 32.2. The summed E-state index contributed by atoms with van der Waals surface area (Å²) in [6.45, 7) is 0. The number of hydrogen-bond donors (Lipinski definition) is 3. The van der Waals surface area contributed by atoms with Gasteiger partial charge in [-0.15, -0.1) is 10.2 Å². The number of thioether (sulfide) groups is 1. The van der Waals surface area contributed by atoms with Gasteiger partial charge in [0.15, 0.2) is 4.34 Å². The van der Waals surface area contributed by atoms with Crippen molar-refractivity contribution in [2.45, 2.75) is 42.5 Å². The Morgan fingerprint density at radius 1 is 1.08 bits per heavy atom. The molecule has 1 fully saturated rings. The normalized spacial score (nSPS) is 14.6. The van der Waals surface area contributed by atoms with E-state index in [0.717, 1.165) is 31.4 Å². The van der Waals surface area contributed by atoms with E-state index < -0.39 is 0 Å². The Morgan fingerprint density at radius 3 is 2.62 bits per heavy atom. The Kier molecular flexibility index (Phi) is 6.84. The second kappa shape index (κ2) is 9.54. The number of benzene rings is 1. The van der Waals surface area contributed by atoms with E-state index in [2.05, 4.69) is 26.1 Å². The molecule has 1 aliphatic rings. The number of anilines is 2. The van der Waals surface area contributed by atoms with Gasteiger partial charge in [0.2, 0.25) is 11.0 Å². The summed E-state index contributed by atoms with van der Waals surface area (Å²) in [5.41, 5.74) is 0.761. The third-order valence-electron chi connectivity index (χ3n) is 3.95. The fourth-order valence-corrected chi connectivity index (χ4v) is 4.28. The molecular formula is C17H21N5O2S2. The maximum Gasteiger partial charge on any atom is 0.321 e. The maximum absolute atomic E-state index is 12.0. The van der Waals surface area contributed by atoms with Crippen molar-refractivity contribution in [3.05, 3.63) is 30.3 Å². The minimum absolute atomic E-state index is 0.110. The second-order valence-corrected chi connectivity index (χ2v) is 8.21. The number of para-hydroxylation sites is 1. The smallest absolute Gasteiger partial charge is 0.321 e. The third kappa shape index (κ3) is 5.99. The zero-order valence-electron chi connectivity index (χ0n) is 14.2. The van der Waals surface area contributed by atoms with Crippen LogP contribution < -0.4 is 16.0 Å². The summed E-state index contributed by atoms with van der Waals surface area (Å²) in [6.07, 6.45) is 5.63. The molecule has 1 heterocycles. The third-order valence-corrected chi connectivity index (χ3v) is 5.92. The van der Waals surface area contributed by atoms with E-state index in [0.29, 0.717) is 9.47 Å². The minimum atomic E-state index is -0.244. The van der Waals surface area contributed by atoms with E-state index >= 15 is 0 Å². The molecule has 9 heteroatoms. The topological polar surface area (TPSA) is 96.0 Å². The lowest BCUT2D eigenvalue weighted by Crippen LogP contribution is -2.38. The molecule has 3 N–H and O–H groups in total. The number of rotatable bonds is 6. The first-order valence-corrected chi connectivity index (χ1v) is 10.4. The predicted octanol–water partition coefficient (Wildman–Crippen LogP) is 3.72. The first-order valence-electron chi connectivity index (χ1n) is 8.58. The molecular weight excluding hydrogens is 370 g/mol. The van der Waals surface area contributed by atoms with Gasteiger partial charge in [0, 0.05) is 11.7 Å². The first kappa shape index (κ1) is 18.7. The largest absolute Gasteiger partial charge is 0.335 e. The van der Waals surface area contributed by atoms with Gasteiger partial charge in [0.1, 0.15) is 0 Å². The van der Waals surface area contributed by atoms with Crippen LogP contribution in [0.3, 0.4) is 0 Å². The predicted molar refractivity (Wildman–Crippen MR) is 105 cm³/mol. The summed E-state index contributed by atoms with van der Waals surface area (Å²) >= 11 is 2.55. The van der Waals surface area contributed by atoms with E-state index in [-0.39, 0.29) is 23.7 Å². The molecule has 1 saturated carbocycles. The minimum Gasteiger partial charge on any atom is -0.335 e. The number of hydrogen-bond acceptors (Lipinski definition) is 6. The Morgan fingerprint density at radius 2 is 1.85 bits per heavy atom. The molecule has 138 valence electrons. The van der Waals surface area contributed by atoms with E-state index in [4.69, 9.17) is 0 Å². The average Bonchev–Trinajstić information content (AvgIpc) is 3.09. The molecule has 0 spiro atoms. The number of nitrogens with one attached hydrogen (secondary N) is 3. The lowest BCUT2D eigenvalue weighted by atomic mass is 9.96. The van der Waals surface area contributed by atoms with Crippen LogP contribution in [0.4, 0.5) is 15.6 Å². The molecule has 2 aromatic rings. The fraction of sp³-hybridized carbons (Fsp3) is 0.412. The number of carbonyl (C=O) groups excluding carboxylic acids is 2. The molecule has 0 aliphatic heterocycles. The van der Waals surface area contributed by atoms with Gasteiger partial charge in [0.25, 0.3) is 0 Å². The first-order chi connectivity index (χ1) is 12.7. The van der Waals surface area contributed by atoms with Crippen LogP contribution >= 0.6 is 23.1 Å². The van der Waals surface area contributed by atoms with Crippen LogP contribution in [0.2, 0.25) is 0 Å². The Hall–Kier alpha value is -2.13. The van der Waals surface area contributed by atoms with Crippen molar-refractivity contribution in [3.8, 4) is 0 Å². The fourth-order valence-electron chi connectivity index (χ4n) is 2.73. The van der Waals surface area contributed by atoms with Gasteiger partial charge in [-0.2, -0.15) is 0 Å². The van der Waals surface area contributed by atoms with Crippen LogP contribution in [-0.2, 0) is 4.79 Å². The van der Waals surface area contributed by atoms with Gasteiger partial charge in [-0.05, 0) is 25.0 Å². The Balaban J connectivity index is 1.41. The lowest BCUT2D eigenvalue weighted by molar-refractivity contribution is -0.113. The zero-order chi connectivity index (χ0) is 18.2. The van der Waals surface area contributed by atoms with Gasteiger partial charge >= 0.3 is 6.03 Å². The number of carbonyl (C=O) groups is 2. The molecule has 0 radical (unpaired) electrons. The van der Waals surface area contributed by atoms with Crippen LogP contribution in [-0.4, -0.2) is 33.9 Å². The maximum atomic E-state index is 12.0. The van der Waals surface area contributed by atoms with E-state index in [1.54, 1.807) is 0 Å². The Bertz CT molecular complexity index is 732. The molecule has 7 nitrogen and oxygen atoms in total. The number of urea groups is 1. The molecule has 0 bridgehead atoms. The summed E-state index contributed by atoms with van der Waals surface area (Å²) in [5, 5.41) is 16.9. The molecule has 1 aromatic carbocycles. The van der Waals surface area contributed by atoms with Gasteiger partial charge in [-0.1, -0.05) is 60.6 Å². The van der Waals surface area contributed by atoms with Gasteiger partial charge in [0.05, 0.1) is 5.75 Å². The molecule has 0 unspecified atom stereocenters. The highest BCUT2D eigenvalue weighted by Gasteiger charge is 2.17. The summed E-state index contributed by atoms with van der Waals surface area (Å²) < 4.78 is 0.640. The zero-order valence-corrected chi connectivity index (χ0v) is 15.9. The standard InChI is InChI=1S/C17H21N5O2S2/c23-14(18-12-7-3-1-4-8-12)11-25-17-22-21-16(26-17)20-15(24)19-13-9-5-2-6-10-13/h1,3-4,7-8,13H,2,5-6,9-11H2,(H,18,23)(H2,19,20,21,24). The highest BCUT2D eigenvalue weighted by Crippen LogP contribution is 2.25. The van der Waals surface area contributed by atoms with E-state index in [1.807, 2.05) is 30.3 Å². The van der Waals surface area contributed by atoms with Crippen LogP contribution in [0.1, 0.15) is 32.1 Å². The number of amides is 3. The van der Waals surface area contributed by atoms with Gasteiger partial charge < -0.3 is 10.6 Å². The molecule has 1 aromatic heterocycles. The summed E-state index contributed by atoms with van der Waals surface area (Å²) in [5.74, 6) is 0.124. The average molecular weight is 392 g/mol. The SMILES string of the molecule is O=C(CSc1nnc(NC(=O)NC2CCCCC2)s1)Nc1ccccc1. The van der Waals surface area contributed by atoms with Crippen molar-refractivity contribution < 1.29 is 9.59 Å². The molecule has 3 rings (SSSR count). The second-order valence-electron chi connectivity index (χ2n) is 6.01. The molecule has 0 saturated heterocycles. The molecule has 0 atom stereocenters. The monoisotopic (exact) mass is 391 g/mol. The van der Waals surface area contributed by atoms with Crippen LogP contribution in [0.25, 0.3) is 0 Å². The summed E-state index contributed by atoms with van der Waals surface area (Å²) in [7, 11) is 0. The van der Waals surface area contributed by atoms with Gasteiger partial charge in [-0.25, -0.2) is 4.79 Å². The van der Waals surface area contributed by atoms with E-state index in [9.17, 15) is 9.59 Å². The summed E-state index contributed by atoms with van der Waals surface area (Å²) in [4.78, 5) is 23.9. The van der Waals surface area contributed by atoms with Crippen molar-refractivity contribution in [2.75, 3.05) is 16.4 Å².